The molecule has 2 rings (SSSR count). The third-order valence-corrected chi connectivity index (χ3v) is 3.14. The van der Waals surface area contributed by atoms with Crippen molar-refractivity contribution in [2.24, 2.45) is 0 Å². The summed E-state index contributed by atoms with van der Waals surface area (Å²) >= 11 is 0. The van der Waals surface area contributed by atoms with E-state index in [1.54, 1.807) is 24.3 Å². The van der Waals surface area contributed by atoms with Gasteiger partial charge in [0.15, 0.2) is 11.5 Å². The molecule has 70 valence electrons. The van der Waals surface area contributed by atoms with Crippen LogP contribution in [0.4, 0.5) is 0 Å². The highest BCUT2D eigenvalue weighted by molar-refractivity contribution is 7.55. The highest BCUT2D eigenvalue weighted by Crippen LogP contribution is 2.57. The molecule has 0 atom stereocenters. The average molecular weight is 220 g/mol. The largest absolute Gasteiger partial charge is 0.470 e. The lowest BCUT2D eigenvalue weighted by Crippen LogP contribution is -1.86. The Balaban J connectivity index is 2.05. The molecule has 0 fully saturated rings. The quantitative estimate of drug-likeness (QED) is 0.745. The zero-order valence-corrected chi connectivity index (χ0v) is 8.11. The van der Waals surface area contributed by atoms with Gasteiger partial charge in [0.2, 0.25) is 0 Å². The molecule has 1 heterocycles. The molecule has 0 saturated carbocycles. The molecule has 5 nitrogen and oxygen atoms in total. The Morgan fingerprint density at radius 1 is 1.15 bits per heavy atom. The highest BCUT2D eigenvalue weighted by Gasteiger charge is 2.30. The Kier molecular flexibility index (Phi) is 2.63. The van der Waals surface area contributed by atoms with Crippen LogP contribution >= 0.6 is 17.2 Å². The molecule has 0 aliphatic carbocycles. The third kappa shape index (κ3) is 2.08. The second-order valence-corrected chi connectivity index (χ2v) is 4.16. The van der Waals surface area contributed by atoms with E-state index in [0.717, 1.165) is 0 Å². The summed E-state index contributed by atoms with van der Waals surface area (Å²) in [6.07, 6.45) is 0. The van der Waals surface area contributed by atoms with Gasteiger partial charge in [0, 0.05) is 0 Å². The second kappa shape index (κ2) is 3.74. The summed E-state index contributed by atoms with van der Waals surface area (Å²) in [6, 6.07) is 7.03. The van der Waals surface area contributed by atoms with Crippen molar-refractivity contribution < 1.29 is 23.1 Å². The van der Waals surface area contributed by atoms with Crippen LogP contribution in [0, 0.1) is 0 Å². The average Bonchev–Trinajstić information content (AvgIpc) is 2.44. The minimum Gasteiger partial charge on any atom is -0.414 e. The van der Waals surface area contributed by atoms with Gasteiger partial charge >= 0.3 is 17.2 Å². The summed E-state index contributed by atoms with van der Waals surface area (Å²) in [7, 11) is -4.12. The summed E-state index contributed by atoms with van der Waals surface area (Å²) < 4.78 is 14.9. The van der Waals surface area contributed by atoms with E-state index in [1.165, 1.54) is 0 Å². The van der Waals surface area contributed by atoms with E-state index >= 15 is 0 Å². The first-order chi connectivity index (χ1) is 6.25. The van der Waals surface area contributed by atoms with Gasteiger partial charge in [0.05, 0.1) is 0 Å². The fourth-order valence-corrected chi connectivity index (χ4v) is 2.28. The van der Waals surface area contributed by atoms with Crippen LogP contribution in [0.2, 0.25) is 0 Å². The van der Waals surface area contributed by atoms with Gasteiger partial charge in [0.25, 0.3) is 0 Å². The lowest BCUT2D eigenvalue weighted by molar-refractivity contribution is 0.351. The maximum Gasteiger partial charge on any atom is 0.470 e. The monoisotopic (exact) mass is 220 g/mol. The first kappa shape index (κ1) is 9.13. The van der Waals surface area contributed by atoms with E-state index in [2.05, 4.69) is 4.31 Å². The molecule has 1 aliphatic rings. The minimum absolute atomic E-state index is 0.561. The van der Waals surface area contributed by atoms with Crippen LogP contribution in [-0.2, 0) is 4.31 Å². The van der Waals surface area contributed by atoms with Crippen molar-refractivity contribution in [3.63, 3.8) is 0 Å². The van der Waals surface area contributed by atoms with Gasteiger partial charge in [-0.15, -0.1) is 0 Å². The van der Waals surface area contributed by atoms with Crippen LogP contribution in [0.1, 0.15) is 0 Å². The molecule has 2 N–H and O–H groups in total. The summed E-state index contributed by atoms with van der Waals surface area (Å²) in [5.74, 6) is 1.12. The summed E-state index contributed by atoms with van der Waals surface area (Å²) in [6.45, 7) is 0. The van der Waals surface area contributed by atoms with Gasteiger partial charge < -0.3 is 18.8 Å². The van der Waals surface area contributed by atoms with E-state index in [1.807, 2.05) is 0 Å². The van der Waals surface area contributed by atoms with E-state index in [-0.39, 0.29) is 0 Å². The third-order valence-electron chi connectivity index (χ3n) is 1.33. The Morgan fingerprint density at radius 2 is 1.69 bits per heavy atom. The molecule has 0 radical (unpaired) electrons. The van der Waals surface area contributed by atoms with Gasteiger partial charge in [-0.25, -0.2) is 4.31 Å². The van der Waals surface area contributed by atoms with Crippen LogP contribution in [0.3, 0.4) is 0 Å². The van der Waals surface area contributed by atoms with Crippen molar-refractivity contribution >= 4 is 17.2 Å². The predicted octanol–water partition coefficient (Wildman–Crippen LogP) is 1.91. The summed E-state index contributed by atoms with van der Waals surface area (Å²) in [5, 5.41) is 0. The molecule has 1 aromatic carbocycles. The first-order valence-electron chi connectivity index (χ1n) is 3.37. The summed E-state index contributed by atoms with van der Waals surface area (Å²) in [4.78, 5) is 17.1. The Hall–Kier alpha value is -0.440. The normalized spacial score (nSPS) is 15.3. The predicted molar refractivity (Wildman–Crippen MR) is 47.1 cm³/mol. The van der Waals surface area contributed by atoms with Gasteiger partial charge in [-0.2, -0.15) is 0 Å². The van der Waals surface area contributed by atoms with Crippen LogP contribution in [0.15, 0.2) is 24.3 Å². The van der Waals surface area contributed by atoms with Gasteiger partial charge in [-0.3, -0.25) is 0 Å². The number of hydrogen-bond acceptors (Lipinski definition) is 5. The first-order valence-corrected chi connectivity index (χ1v) is 5.63. The Labute approximate surface area is 76.9 Å². The SMILES string of the molecule is OP(O)OP1Oc2ccccc2O1. The van der Waals surface area contributed by atoms with Gasteiger partial charge in [0.1, 0.15) is 0 Å². The van der Waals surface area contributed by atoms with Crippen molar-refractivity contribution in [2.45, 2.75) is 0 Å². The molecule has 7 heteroatoms. The summed E-state index contributed by atoms with van der Waals surface area (Å²) in [5.41, 5.74) is 0. The van der Waals surface area contributed by atoms with Gasteiger partial charge in [-0.1, -0.05) is 12.1 Å². The fraction of sp³-hybridized carbons (Fsp3) is 0. The fourth-order valence-electron chi connectivity index (χ4n) is 0.873. The molecule has 1 aromatic rings. The maximum atomic E-state index is 8.55. The molecule has 13 heavy (non-hydrogen) atoms. The zero-order chi connectivity index (χ0) is 9.26. The van der Waals surface area contributed by atoms with E-state index in [0.29, 0.717) is 11.5 Å². The van der Waals surface area contributed by atoms with Crippen molar-refractivity contribution in [1.82, 2.24) is 0 Å². The molecule has 0 spiro atoms. The van der Waals surface area contributed by atoms with Crippen LogP contribution in [0.5, 0.6) is 11.5 Å². The molecular weight excluding hydrogens is 214 g/mol. The van der Waals surface area contributed by atoms with Crippen molar-refractivity contribution in [3.05, 3.63) is 24.3 Å². The van der Waals surface area contributed by atoms with Crippen molar-refractivity contribution in [3.8, 4) is 11.5 Å². The van der Waals surface area contributed by atoms with E-state index in [4.69, 9.17) is 18.8 Å². The Bertz CT molecular complexity index is 280. The van der Waals surface area contributed by atoms with Crippen LogP contribution in [-0.4, -0.2) is 9.79 Å². The molecule has 0 saturated heterocycles. The lowest BCUT2D eigenvalue weighted by atomic mass is 10.3. The van der Waals surface area contributed by atoms with Crippen molar-refractivity contribution in [1.29, 1.82) is 0 Å². The standard InChI is InChI=1S/C6H6O5P2/c7-12(8)11-13-9-5-3-1-2-4-6(5)10-13/h1-4,7-8H. The minimum atomic E-state index is -2.44. The second-order valence-electron chi connectivity index (χ2n) is 2.19. The van der Waals surface area contributed by atoms with Crippen LogP contribution in [0.25, 0.3) is 0 Å². The lowest BCUT2D eigenvalue weighted by Gasteiger charge is -2.06. The smallest absolute Gasteiger partial charge is 0.414 e. The van der Waals surface area contributed by atoms with Crippen molar-refractivity contribution in [2.75, 3.05) is 0 Å². The van der Waals surface area contributed by atoms with E-state index in [9.17, 15) is 0 Å². The maximum absolute atomic E-state index is 8.55. The number of benzene rings is 1. The van der Waals surface area contributed by atoms with Gasteiger partial charge in [-0.05, 0) is 12.1 Å². The number of rotatable bonds is 2. The molecule has 0 unspecified atom stereocenters. The topological polar surface area (TPSA) is 68.2 Å². The molecule has 0 bridgehead atoms. The molecular formula is C6H6O5P2. The number of para-hydroxylation sites is 2. The van der Waals surface area contributed by atoms with E-state index < -0.39 is 17.2 Å². The van der Waals surface area contributed by atoms with Crippen LogP contribution < -0.4 is 9.05 Å². The highest BCUT2D eigenvalue weighted by atomic mass is 31.2. The molecule has 0 aromatic heterocycles. The number of fused-ring (bicyclic) bond motifs is 1. The number of hydrogen-bond donors (Lipinski definition) is 2. The molecule has 1 aliphatic heterocycles. The molecule has 0 amide bonds. The zero-order valence-electron chi connectivity index (χ0n) is 6.32. The Morgan fingerprint density at radius 3 is 2.15 bits per heavy atom.